The number of benzene rings is 1. The van der Waals surface area contributed by atoms with Crippen LogP contribution in [-0.4, -0.2) is 28.1 Å². The van der Waals surface area contributed by atoms with E-state index in [2.05, 4.69) is 15.7 Å². The molecule has 0 unspecified atom stereocenters. The van der Waals surface area contributed by atoms with Gasteiger partial charge in [0, 0.05) is 0 Å². The number of nitrogens with one attached hydrogen (secondary N) is 2. The van der Waals surface area contributed by atoms with E-state index < -0.39 is 0 Å². The molecule has 140 valence electrons. The van der Waals surface area contributed by atoms with Gasteiger partial charge in [-0.05, 0) is 24.1 Å². The van der Waals surface area contributed by atoms with E-state index in [1.54, 1.807) is 24.6 Å². The van der Waals surface area contributed by atoms with E-state index in [1.165, 1.54) is 0 Å². The monoisotopic (exact) mass is 366 g/mol. The molecule has 0 radical (unpaired) electrons. The molecule has 2 aromatic heterocycles. The van der Waals surface area contributed by atoms with Gasteiger partial charge in [-0.15, -0.1) is 0 Å². The van der Waals surface area contributed by atoms with Gasteiger partial charge in [0.1, 0.15) is 5.76 Å². The highest BCUT2D eigenvalue weighted by molar-refractivity contribution is 5.97. The van der Waals surface area contributed by atoms with Crippen molar-refractivity contribution in [1.82, 2.24) is 20.4 Å². The summed E-state index contributed by atoms with van der Waals surface area (Å²) in [5.74, 6) is 0.0684. The molecule has 0 bridgehead atoms. The fourth-order valence-electron chi connectivity index (χ4n) is 2.78. The van der Waals surface area contributed by atoms with Gasteiger partial charge in [0.2, 0.25) is 5.91 Å². The van der Waals surface area contributed by atoms with Crippen molar-refractivity contribution in [2.24, 2.45) is 0 Å². The van der Waals surface area contributed by atoms with E-state index in [1.807, 2.05) is 41.9 Å². The van der Waals surface area contributed by atoms with Crippen molar-refractivity contribution < 1.29 is 14.0 Å². The van der Waals surface area contributed by atoms with Crippen LogP contribution in [0.4, 0.5) is 0 Å². The lowest BCUT2D eigenvalue weighted by molar-refractivity contribution is -0.120. The summed E-state index contributed by atoms with van der Waals surface area (Å²) in [6.45, 7) is 2.76. The van der Waals surface area contributed by atoms with Crippen LogP contribution >= 0.6 is 0 Å². The minimum absolute atomic E-state index is 0.105. The van der Waals surface area contributed by atoms with Gasteiger partial charge >= 0.3 is 0 Å². The quantitative estimate of drug-likeness (QED) is 0.639. The molecule has 0 aliphatic carbocycles. The number of carbonyl (C=O) groups excluding carboxylic acids is 2. The summed E-state index contributed by atoms with van der Waals surface area (Å²) in [4.78, 5) is 24.4. The number of hydrogen-bond donors (Lipinski definition) is 2. The third-order valence-corrected chi connectivity index (χ3v) is 4.15. The van der Waals surface area contributed by atoms with Crippen molar-refractivity contribution in [3.05, 3.63) is 77.5 Å². The molecule has 2 heterocycles. The largest absolute Gasteiger partial charge is 0.467 e. The van der Waals surface area contributed by atoms with Gasteiger partial charge < -0.3 is 15.1 Å². The van der Waals surface area contributed by atoms with Crippen molar-refractivity contribution in [2.75, 3.05) is 6.54 Å². The first kappa shape index (κ1) is 18.4. The number of furan rings is 1. The van der Waals surface area contributed by atoms with Crippen LogP contribution in [0.1, 0.15) is 34.3 Å². The first-order valence-electron chi connectivity index (χ1n) is 8.83. The summed E-state index contributed by atoms with van der Waals surface area (Å²) in [5, 5.41) is 9.68. The van der Waals surface area contributed by atoms with Crippen LogP contribution in [0.15, 0.2) is 59.3 Å². The standard InChI is InChI=1S/C20H22N4O3/c1-2-18-17(12-23-24(18)14-15-7-4-3-5-8-15)20(26)22-13-19(25)21-11-16-9-6-10-27-16/h3-10,12H,2,11,13-14H2,1H3,(H,21,25)(H,22,26). The zero-order chi connectivity index (χ0) is 19.1. The molecule has 0 saturated heterocycles. The molecule has 2 N–H and O–H groups in total. The lowest BCUT2D eigenvalue weighted by atomic mass is 10.1. The molecule has 3 rings (SSSR count). The molecule has 7 nitrogen and oxygen atoms in total. The lowest BCUT2D eigenvalue weighted by Crippen LogP contribution is -2.36. The predicted molar refractivity (Wildman–Crippen MR) is 100 cm³/mol. The van der Waals surface area contributed by atoms with Crippen molar-refractivity contribution in [3.8, 4) is 0 Å². The molecule has 0 aliphatic heterocycles. The molecular formula is C20H22N4O3. The molecule has 3 aromatic rings. The second-order valence-electron chi connectivity index (χ2n) is 6.04. The van der Waals surface area contributed by atoms with Crippen LogP contribution in [0.2, 0.25) is 0 Å². The molecule has 0 fully saturated rings. The first-order valence-corrected chi connectivity index (χ1v) is 8.83. The molecule has 0 atom stereocenters. The summed E-state index contributed by atoms with van der Waals surface area (Å²) in [5.41, 5.74) is 2.44. The number of hydrogen-bond acceptors (Lipinski definition) is 4. The summed E-state index contributed by atoms with van der Waals surface area (Å²) >= 11 is 0. The maximum atomic E-state index is 12.5. The van der Waals surface area contributed by atoms with Crippen LogP contribution in [0.3, 0.4) is 0 Å². The van der Waals surface area contributed by atoms with Crippen LogP contribution < -0.4 is 10.6 Å². The first-order chi connectivity index (χ1) is 13.2. The molecule has 0 spiro atoms. The van der Waals surface area contributed by atoms with Crippen molar-refractivity contribution >= 4 is 11.8 Å². The van der Waals surface area contributed by atoms with Crippen LogP contribution in [0.5, 0.6) is 0 Å². The van der Waals surface area contributed by atoms with E-state index in [0.717, 1.165) is 11.3 Å². The number of rotatable bonds is 8. The van der Waals surface area contributed by atoms with E-state index in [-0.39, 0.29) is 24.9 Å². The average Bonchev–Trinajstić information content (AvgIpc) is 3.35. The maximum absolute atomic E-state index is 12.5. The summed E-state index contributed by atoms with van der Waals surface area (Å²) < 4.78 is 6.97. The van der Waals surface area contributed by atoms with E-state index in [9.17, 15) is 9.59 Å². The second-order valence-corrected chi connectivity index (χ2v) is 6.04. The van der Waals surface area contributed by atoms with Gasteiger partial charge in [-0.25, -0.2) is 0 Å². The number of nitrogens with zero attached hydrogens (tertiary/aromatic N) is 2. The highest BCUT2D eigenvalue weighted by atomic mass is 16.3. The molecule has 0 saturated carbocycles. The predicted octanol–water partition coefficient (Wildman–Crippen LogP) is 2.13. The molecule has 1 aromatic carbocycles. The van der Waals surface area contributed by atoms with E-state index >= 15 is 0 Å². The maximum Gasteiger partial charge on any atom is 0.255 e. The molecular weight excluding hydrogens is 344 g/mol. The van der Waals surface area contributed by atoms with E-state index in [4.69, 9.17) is 4.42 Å². The zero-order valence-corrected chi connectivity index (χ0v) is 15.1. The number of aromatic nitrogens is 2. The van der Waals surface area contributed by atoms with Crippen LogP contribution in [-0.2, 0) is 24.3 Å². The Kier molecular flexibility index (Phi) is 6.04. The molecule has 2 amide bonds. The summed E-state index contributed by atoms with van der Waals surface area (Å²) in [6, 6.07) is 13.5. The normalized spacial score (nSPS) is 10.6. The fraction of sp³-hybridized carbons (Fsp3) is 0.250. The van der Waals surface area contributed by atoms with Crippen molar-refractivity contribution in [3.63, 3.8) is 0 Å². The van der Waals surface area contributed by atoms with Gasteiger partial charge in [-0.3, -0.25) is 14.3 Å². The van der Waals surface area contributed by atoms with Gasteiger partial charge in [-0.1, -0.05) is 37.3 Å². The van der Waals surface area contributed by atoms with Crippen molar-refractivity contribution in [1.29, 1.82) is 0 Å². The number of carbonyl (C=O) groups is 2. The minimum Gasteiger partial charge on any atom is -0.467 e. The Labute approximate surface area is 157 Å². The highest BCUT2D eigenvalue weighted by Gasteiger charge is 2.17. The topological polar surface area (TPSA) is 89.2 Å². The Hall–Kier alpha value is -3.35. The van der Waals surface area contributed by atoms with Crippen LogP contribution in [0.25, 0.3) is 0 Å². The van der Waals surface area contributed by atoms with Gasteiger partial charge in [0.25, 0.3) is 5.91 Å². The Balaban J connectivity index is 1.57. The summed E-state index contributed by atoms with van der Waals surface area (Å²) in [7, 11) is 0. The number of amides is 2. The lowest BCUT2D eigenvalue weighted by Gasteiger charge is -2.09. The van der Waals surface area contributed by atoms with E-state index in [0.29, 0.717) is 24.3 Å². The summed E-state index contributed by atoms with van der Waals surface area (Å²) in [6.07, 6.45) is 3.76. The fourth-order valence-corrected chi connectivity index (χ4v) is 2.78. The second kappa shape index (κ2) is 8.84. The third-order valence-electron chi connectivity index (χ3n) is 4.15. The highest BCUT2D eigenvalue weighted by Crippen LogP contribution is 2.12. The van der Waals surface area contributed by atoms with Gasteiger partial charge in [-0.2, -0.15) is 5.10 Å². The molecule has 27 heavy (non-hydrogen) atoms. The Morgan fingerprint density at radius 1 is 1.11 bits per heavy atom. The Morgan fingerprint density at radius 3 is 2.63 bits per heavy atom. The van der Waals surface area contributed by atoms with Crippen molar-refractivity contribution in [2.45, 2.75) is 26.4 Å². The Morgan fingerprint density at radius 2 is 1.93 bits per heavy atom. The van der Waals surface area contributed by atoms with Crippen LogP contribution in [0, 0.1) is 0 Å². The van der Waals surface area contributed by atoms with Gasteiger partial charge in [0.15, 0.2) is 0 Å². The molecule has 7 heteroatoms. The third kappa shape index (κ3) is 4.84. The average molecular weight is 366 g/mol. The zero-order valence-electron chi connectivity index (χ0n) is 15.1. The molecule has 0 aliphatic rings. The SMILES string of the molecule is CCc1c(C(=O)NCC(=O)NCc2ccco2)cnn1Cc1ccccc1. The van der Waals surface area contributed by atoms with Gasteiger partial charge in [0.05, 0.1) is 43.4 Å². The Bertz CT molecular complexity index is 885. The smallest absolute Gasteiger partial charge is 0.255 e. The minimum atomic E-state index is -0.306.